The molecule has 202 valence electrons. The number of aromatic nitrogens is 5. The van der Waals surface area contributed by atoms with Crippen molar-refractivity contribution >= 4 is 9.84 Å². The smallest absolute Gasteiger partial charge is 0.246 e. The predicted molar refractivity (Wildman–Crippen MR) is 139 cm³/mol. The Bertz CT molecular complexity index is 1730. The molecule has 6 rings (SSSR count). The first-order valence-corrected chi connectivity index (χ1v) is 14.5. The average Bonchev–Trinajstić information content (AvgIpc) is 3.52. The molecule has 0 N–H and O–H groups in total. The number of hydrogen-bond donors (Lipinski definition) is 0. The number of oxazole rings is 1. The van der Waals surface area contributed by atoms with Gasteiger partial charge in [-0.2, -0.15) is 5.10 Å². The zero-order chi connectivity index (χ0) is 28.0. The van der Waals surface area contributed by atoms with Gasteiger partial charge in [-0.1, -0.05) is 19.9 Å². The van der Waals surface area contributed by atoms with E-state index in [4.69, 9.17) is 9.40 Å². The molecule has 0 aliphatic heterocycles. The van der Waals surface area contributed by atoms with Crippen molar-refractivity contribution in [1.29, 1.82) is 0 Å². The van der Waals surface area contributed by atoms with Gasteiger partial charge in [0.2, 0.25) is 5.89 Å². The molecule has 8 nitrogen and oxygen atoms in total. The van der Waals surface area contributed by atoms with Crippen LogP contribution in [0.5, 0.6) is 0 Å². The molecule has 0 radical (unpaired) electrons. The summed E-state index contributed by atoms with van der Waals surface area (Å²) in [4.78, 5) is 13.8. The molecule has 3 heterocycles. The molecule has 2 bridgehead atoms. The Kier molecular flexibility index (Phi) is 5.40. The normalized spacial score (nSPS) is 21.8. The maximum atomic E-state index is 14.5. The summed E-state index contributed by atoms with van der Waals surface area (Å²) in [5.41, 5.74) is 1.90. The Balaban J connectivity index is 1.46. The minimum Gasteiger partial charge on any atom is -0.443 e. The van der Waals surface area contributed by atoms with Crippen LogP contribution in [0.2, 0.25) is 0 Å². The van der Waals surface area contributed by atoms with Crippen molar-refractivity contribution in [2.24, 2.45) is 5.41 Å². The van der Waals surface area contributed by atoms with Crippen LogP contribution in [0.25, 0.3) is 22.8 Å². The van der Waals surface area contributed by atoms with E-state index in [0.29, 0.717) is 11.4 Å². The summed E-state index contributed by atoms with van der Waals surface area (Å²) in [6.07, 6.45) is 7.29. The minimum absolute atomic E-state index is 0.0749. The van der Waals surface area contributed by atoms with Crippen LogP contribution < -0.4 is 0 Å². The Morgan fingerprint density at radius 3 is 2.46 bits per heavy atom. The van der Waals surface area contributed by atoms with Crippen LogP contribution >= 0.6 is 0 Å². The first kappa shape index (κ1) is 25.7. The monoisotopic (exact) mass is 551 g/mol. The second-order valence-corrected chi connectivity index (χ2v) is 14.0. The Morgan fingerprint density at radius 1 is 1.05 bits per heavy atom. The molecule has 0 unspecified atom stereocenters. The second-order valence-electron chi connectivity index (χ2n) is 11.5. The predicted octanol–water partition coefficient (Wildman–Crippen LogP) is 5.35. The SMILES string of the molecule is CC1(C)[C@H]2CC[C@]1(c1cncc(-c3nc(C(C)(C)S(C)(=O)=O)co3)n1)c1nnc(-c3c(F)cccc3F)cc12. The van der Waals surface area contributed by atoms with Gasteiger partial charge in [0.25, 0.3) is 0 Å². The largest absolute Gasteiger partial charge is 0.443 e. The third-order valence-corrected chi connectivity index (χ3v) is 11.0. The molecule has 4 aromatic rings. The zero-order valence-electron chi connectivity index (χ0n) is 22.2. The molecule has 2 atom stereocenters. The molecule has 0 saturated heterocycles. The molecule has 0 spiro atoms. The highest BCUT2D eigenvalue weighted by molar-refractivity contribution is 7.91. The summed E-state index contributed by atoms with van der Waals surface area (Å²) in [5, 5.41) is 8.82. The van der Waals surface area contributed by atoms with E-state index in [9.17, 15) is 17.2 Å². The van der Waals surface area contributed by atoms with Crippen LogP contribution in [-0.2, 0) is 20.0 Å². The number of nitrogens with zero attached hydrogens (tertiary/aromatic N) is 5. The van der Waals surface area contributed by atoms with E-state index in [-0.39, 0.29) is 34.2 Å². The van der Waals surface area contributed by atoms with Crippen LogP contribution in [0, 0.1) is 17.0 Å². The van der Waals surface area contributed by atoms with E-state index >= 15 is 0 Å². The van der Waals surface area contributed by atoms with Crippen LogP contribution in [0.15, 0.2) is 47.3 Å². The molecular weight excluding hydrogens is 524 g/mol. The third kappa shape index (κ3) is 3.44. The quantitative estimate of drug-likeness (QED) is 0.326. The molecule has 2 aliphatic carbocycles. The Morgan fingerprint density at radius 2 is 1.77 bits per heavy atom. The number of sulfone groups is 1. The highest BCUT2D eigenvalue weighted by Gasteiger charge is 2.65. The van der Waals surface area contributed by atoms with E-state index in [2.05, 4.69) is 34.0 Å². The Labute approximate surface area is 224 Å². The average molecular weight is 552 g/mol. The fraction of sp³-hybridized carbons (Fsp3) is 0.393. The van der Waals surface area contributed by atoms with E-state index in [1.165, 1.54) is 30.7 Å². The lowest BCUT2D eigenvalue weighted by Gasteiger charge is -2.37. The molecule has 1 saturated carbocycles. The summed E-state index contributed by atoms with van der Waals surface area (Å²) in [7, 11) is -3.45. The van der Waals surface area contributed by atoms with Gasteiger partial charge in [-0.05, 0) is 61.8 Å². The molecule has 39 heavy (non-hydrogen) atoms. The number of benzene rings is 1. The fourth-order valence-corrected chi connectivity index (χ4v) is 6.76. The highest BCUT2D eigenvalue weighted by atomic mass is 32.2. The molecule has 1 fully saturated rings. The lowest BCUT2D eigenvalue weighted by Crippen LogP contribution is -2.38. The topological polar surface area (TPSA) is 112 Å². The van der Waals surface area contributed by atoms with Crippen molar-refractivity contribution in [2.45, 2.75) is 56.6 Å². The van der Waals surface area contributed by atoms with Crippen molar-refractivity contribution in [3.63, 3.8) is 0 Å². The molecule has 0 amide bonds. The molecule has 1 aromatic carbocycles. The third-order valence-electron chi connectivity index (χ3n) is 8.94. The number of halogens is 2. The van der Waals surface area contributed by atoms with Crippen molar-refractivity contribution in [2.75, 3.05) is 6.26 Å². The summed E-state index contributed by atoms with van der Waals surface area (Å²) in [5.74, 6) is -1.14. The van der Waals surface area contributed by atoms with Crippen LogP contribution in [0.4, 0.5) is 8.78 Å². The van der Waals surface area contributed by atoms with Gasteiger partial charge in [0.1, 0.15) is 34.0 Å². The zero-order valence-corrected chi connectivity index (χ0v) is 23.0. The van der Waals surface area contributed by atoms with Crippen molar-refractivity contribution in [3.05, 3.63) is 77.2 Å². The highest BCUT2D eigenvalue weighted by Crippen LogP contribution is 2.69. The van der Waals surface area contributed by atoms with Crippen LogP contribution in [0.1, 0.15) is 69.1 Å². The maximum Gasteiger partial charge on any atom is 0.246 e. The number of hydrogen-bond acceptors (Lipinski definition) is 8. The van der Waals surface area contributed by atoms with Gasteiger partial charge >= 0.3 is 0 Å². The molecular formula is C28H27F2N5O3S. The van der Waals surface area contributed by atoms with E-state index in [1.54, 1.807) is 26.1 Å². The number of rotatable bonds is 5. The van der Waals surface area contributed by atoms with Gasteiger partial charge in [-0.25, -0.2) is 27.2 Å². The van der Waals surface area contributed by atoms with E-state index in [1.807, 2.05) is 0 Å². The van der Waals surface area contributed by atoms with Gasteiger partial charge in [-0.3, -0.25) is 4.98 Å². The lowest BCUT2D eigenvalue weighted by atomic mass is 9.66. The summed E-state index contributed by atoms with van der Waals surface area (Å²) >= 11 is 0. The minimum atomic E-state index is -3.45. The summed E-state index contributed by atoms with van der Waals surface area (Å²) < 4.78 is 58.1. The van der Waals surface area contributed by atoms with Gasteiger partial charge in [0.15, 0.2) is 9.84 Å². The molecule has 3 aromatic heterocycles. The van der Waals surface area contributed by atoms with Crippen molar-refractivity contribution in [1.82, 2.24) is 25.1 Å². The summed E-state index contributed by atoms with van der Waals surface area (Å²) in [6.45, 7) is 7.42. The van der Waals surface area contributed by atoms with Gasteiger partial charge in [0.05, 0.1) is 34.3 Å². The standard InChI is InChI=1S/C28H27F2N5O3S/c1-26(2)16-9-10-28(26,24-15(16)11-19(34-35-24)23-17(29)7-6-8-18(23)30)21-13-31-12-20(32-21)25-33-22(14-38-25)27(3,4)39(5,36)37/h6-8,11-14,16H,9-10H2,1-5H3/t16-,28-/m0/s1. The fourth-order valence-electron chi connectivity index (χ4n) is 6.29. The van der Waals surface area contributed by atoms with Crippen molar-refractivity contribution < 1.29 is 21.6 Å². The lowest BCUT2D eigenvalue weighted by molar-refractivity contribution is 0.242. The van der Waals surface area contributed by atoms with E-state index in [0.717, 1.165) is 30.4 Å². The Hall–Kier alpha value is -3.60. The molecule has 11 heteroatoms. The number of fused-ring (bicyclic) bond motifs is 5. The first-order valence-electron chi connectivity index (χ1n) is 12.6. The molecule has 2 aliphatic rings. The van der Waals surface area contributed by atoms with Crippen LogP contribution in [0.3, 0.4) is 0 Å². The van der Waals surface area contributed by atoms with Crippen molar-refractivity contribution in [3.8, 4) is 22.8 Å². The van der Waals surface area contributed by atoms with Crippen LogP contribution in [-0.4, -0.2) is 39.8 Å². The second kappa shape index (κ2) is 8.20. The van der Waals surface area contributed by atoms with E-state index < -0.39 is 31.6 Å². The maximum absolute atomic E-state index is 14.5. The summed E-state index contributed by atoms with van der Waals surface area (Å²) in [6, 6.07) is 5.48. The van der Waals surface area contributed by atoms with Gasteiger partial charge in [0, 0.05) is 12.5 Å². The first-order chi connectivity index (χ1) is 18.3. The van der Waals surface area contributed by atoms with Gasteiger partial charge < -0.3 is 4.42 Å². The van der Waals surface area contributed by atoms with Gasteiger partial charge in [-0.15, -0.1) is 5.10 Å².